The fourth-order valence-electron chi connectivity index (χ4n) is 2.00. The van der Waals surface area contributed by atoms with Crippen LogP contribution in [-0.2, 0) is 9.59 Å². The minimum Gasteiger partial charge on any atom is -0.494 e. The normalized spacial score (nSPS) is 12.8. The van der Waals surface area contributed by atoms with Gasteiger partial charge in [0.2, 0.25) is 0 Å². The van der Waals surface area contributed by atoms with Crippen molar-refractivity contribution in [2.75, 3.05) is 6.61 Å². The molecule has 0 fully saturated rings. The van der Waals surface area contributed by atoms with Crippen molar-refractivity contribution in [3.8, 4) is 11.5 Å². The third-order valence-electron chi connectivity index (χ3n) is 3.43. The summed E-state index contributed by atoms with van der Waals surface area (Å²) >= 11 is 0. The highest BCUT2D eigenvalue weighted by atomic mass is 16.5. The molecule has 2 unspecified atom stereocenters. The third kappa shape index (κ3) is 5.23. The first kappa shape index (κ1) is 18.3. The van der Waals surface area contributed by atoms with Crippen molar-refractivity contribution in [2.45, 2.75) is 32.9 Å². The molecule has 2 rings (SSSR count). The number of carbonyl (C=O) groups is 2. The zero-order valence-corrected chi connectivity index (χ0v) is 14.4. The average molecular weight is 346 g/mol. The van der Waals surface area contributed by atoms with E-state index in [1.807, 2.05) is 6.92 Å². The summed E-state index contributed by atoms with van der Waals surface area (Å²) in [5.74, 6) is 0.411. The Hall–Kier alpha value is -3.03. The van der Waals surface area contributed by atoms with Gasteiger partial charge in [-0.05, 0) is 51.1 Å². The molecule has 2 atom stereocenters. The number of carbonyl (C=O) groups excluding carboxylic acids is 2. The largest absolute Gasteiger partial charge is 0.494 e. The van der Waals surface area contributed by atoms with E-state index in [9.17, 15) is 9.59 Å². The quantitative estimate of drug-likeness (QED) is 0.740. The summed E-state index contributed by atoms with van der Waals surface area (Å²) in [6.07, 6.45) is 2.47. The summed E-state index contributed by atoms with van der Waals surface area (Å²) in [5.41, 5.74) is 4.71. The molecule has 8 heteroatoms. The van der Waals surface area contributed by atoms with E-state index in [-0.39, 0.29) is 5.91 Å². The molecule has 1 aromatic carbocycles. The van der Waals surface area contributed by atoms with Gasteiger partial charge >= 0.3 is 0 Å². The minimum atomic E-state index is -0.779. The molecule has 2 amide bonds. The van der Waals surface area contributed by atoms with E-state index in [2.05, 4.69) is 16.0 Å². The second kappa shape index (κ2) is 8.72. The van der Waals surface area contributed by atoms with Crippen molar-refractivity contribution in [3.05, 3.63) is 42.7 Å². The lowest BCUT2D eigenvalue weighted by Gasteiger charge is -2.17. The van der Waals surface area contributed by atoms with Crippen LogP contribution in [0.4, 0.5) is 0 Å². The zero-order chi connectivity index (χ0) is 18.2. The Kier molecular flexibility index (Phi) is 6.39. The van der Waals surface area contributed by atoms with Crippen LogP contribution >= 0.6 is 0 Å². The standard InChI is InChI=1S/C17H22N4O4/c1-4-24-14-6-8-15(9-7-14)25-13(3)17(23)20-19-16(22)12(2)21-11-5-10-18-21/h5-13H,4H2,1-3H3,(H,19,22)(H,20,23). The van der Waals surface area contributed by atoms with Gasteiger partial charge in [-0.25, -0.2) is 0 Å². The summed E-state index contributed by atoms with van der Waals surface area (Å²) in [5, 5.41) is 3.98. The van der Waals surface area contributed by atoms with Gasteiger partial charge in [0, 0.05) is 12.4 Å². The number of benzene rings is 1. The van der Waals surface area contributed by atoms with E-state index < -0.39 is 18.1 Å². The minimum absolute atomic E-state index is 0.384. The molecule has 1 aromatic heterocycles. The molecule has 0 saturated heterocycles. The average Bonchev–Trinajstić information content (AvgIpc) is 3.15. The number of rotatable bonds is 7. The fourth-order valence-corrected chi connectivity index (χ4v) is 2.00. The smallest absolute Gasteiger partial charge is 0.279 e. The summed E-state index contributed by atoms with van der Waals surface area (Å²) in [6.45, 7) is 5.75. The number of ether oxygens (including phenoxy) is 2. The van der Waals surface area contributed by atoms with E-state index in [1.54, 1.807) is 56.6 Å². The van der Waals surface area contributed by atoms with Crippen molar-refractivity contribution in [3.63, 3.8) is 0 Å². The van der Waals surface area contributed by atoms with Crippen molar-refractivity contribution in [1.82, 2.24) is 20.6 Å². The summed E-state index contributed by atoms with van der Waals surface area (Å²) < 4.78 is 12.4. The van der Waals surface area contributed by atoms with Gasteiger partial charge in [0.15, 0.2) is 6.10 Å². The van der Waals surface area contributed by atoms with Gasteiger partial charge in [-0.1, -0.05) is 0 Å². The molecule has 0 radical (unpaired) electrons. The lowest BCUT2D eigenvalue weighted by molar-refractivity contribution is -0.133. The Bertz CT molecular complexity index is 685. The predicted molar refractivity (Wildman–Crippen MR) is 90.9 cm³/mol. The predicted octanol–water partition coefficient (Wildman–Crippen LogP) is 1.46. The van der Waals surface area contributed by atoms with Crippen LogP contribution in [0.1, 0.15) is 26.8 Å². The van der Waals surface area contributed by atoms with Gasteiger partial charge in [0.25, 0.3) is 11.8 Å². The van der Waals surface area contributed by atoms with E-state index in [4.69, 9.17) is 9.47 Å². The number of nitrogens with one attached hydrogen (secondary N) is 2. The van der Waals surface area contributed by atoms with Crippen LogP contribution in [0.25, 0.3) is 0 Å². The molecular formula is C17H22N4O4. The van der Waals surface area contributed by atoms with Gasteiger partial charge in [-0.2, -0.15) is 5.10 Å². The van der Waals surface area contributed by atoms with Crippen molar-refractivity contribution >= 4 is 11.8 Å². The highest BCUT2D eigenvalue weighted by Crippen LogP contribution is 2.18. The molecule has 0 spiro atoms. The van der Waals surface area contributed by atoms with Gasteiger partial charge in [-0.15, -0.1) is 0 Å². The van der Waals surface area contributed by atoms with Crippen LogP contribution in [0, 0.1) is 0 Å². The van der Waals surface area contributed by atoms with Crippen molar-refractivity contribution in [2.24, 2.45) is 0 Å². The highest BCUT2D eigenvalue weighted by molar-refractivity contribution is 5.85. The van der Waals surface area contributed by atoms with E-state index in [0.717, 1.165) is 5.75 Å². The number of nitrogens with zero attached hydrogens (tertiary/aromatic N) is 2. The number of aromatic nitrogens is 2. The maximum Gasteiger partial charge on any atom is 0.279 e. The molecule has 2 aromatic rings. The molecule has 8 nitrogen and oxygen atoms in total. The molecule has 25 heavy (non-hydrogen) atoms. The first-order valence-electron chi connectivity index (χ1n) is 7.99. The molecule has 0 aliphatic rings. The highest BCUT2D eigenvalue weighted by Gasteiger charge is 2.19. The lowest BCUT2D eigenvalue weighted by Crippen LogP contribution is -2.49. The monoisotopic (exact) mass is 346 g/mol. The van der Waals surface area contributed by atoms with Crippen LogP contribution in [0.3, 0.4) is 0 Å². The Balaban J connectivity index is 1.80. The maximum absolute atomic E-state index is 12.0. The topological polar surface area (TPSA) is 94.5 Å². The zero-order valence-electron chi connectivity index (χ0n) is 14.4. The second-order valence-electron chi connectivity index (χ2n) is 5.31. The first-order valence-corrected chi connectivity index (χ1v) is 7.99. The number of hydrogen-bond acceptors (Lipinski definition) is 5. The van der Waals surface area contributed by atoms with Crippen LogP contribution in [0.15, 0.2) is 42.7 Å². The van der Waals surface area contributed by atoms with Crippen LogP contribution in [-0.4, -0.2) is 34.3 Å². The molecule has 134 valence electrons. The maximum atomic E-state index is 12.0. The number of hydrogen-bond donors (Lipinski definition) is 2. The van der Waals surface area contributed by atoms with Gasteiger partial charge in [0.05, 0.1) is 6.61 Å². The molecule has 0 aliphatic heterocycles. The fraction of sp³-hybridized carbons (Fsp3) is 0.353. The van der Waals surface area contributed by atoms with Crippen molar-refractivity contribution < 1.29 is 19.1 Å². The Morgan fingerprint density at radius 1 is 1.12 bits per heavy atom. The molecule has 1 heterocycles. The summed E-state index contributed by atoms with van der Waals surface area (Å²) in [6, 6.07) is 8.13. The van der Waals surface area contributed by atoms with Gasteiger partial charge in [-0.3, -0.25) is 25.1 Å². The van der Waals surface area contributed by atoms with E-state index in [0.29, 0.717) is 12.4 Å². The van der Waals surface area contributed by atoms with Crippen LogP contribution < -0.4 is 20.3 Å². The van der Waals surface area contributed by atoms with E-state index in [1.165, 1.54) is 4.68 Å². The summed E-state index contributed by atoms with van der Waals surface area (Å²) in [7, 11) is 0. The van der Waals surface area contributed by atoms with E-state index >= 15 is 0 Å². The molecule has 0 bridgehead atoms. The van der Waals surface area contributed by atoms with Gasteiger partial charge in [0.1, 0.15) is 17.5 Å². The Labute approximate surface area is 146 Å². The van der Waals surface area contributed by atoms with Crippen LogP contribution in [0.2, 0.25) is 0 Å². The Morgan fingerprint density at radius 2 is 1.76 bits per heavy atom. The van der Waals surface area contributed by atoms with Gasteiger partial charge < -0.3 is 9.47 Å². The number of amides is 2. The molecular weight excluding hydrogens is 324 g/mol. The summed E-state index contributed by atoms with van der Waals surface area (Å²) in [4.78, 5) is 24.0. The van der Waals surface area contributed by atoms with Crippen molar-refractivity contribution in [1.29, 1.82) is 0 Å². The molecule has 0 aliphatic carbocycles. The Morgan fingerprint density at radius 3 is 2.36 bits per heavy atom. The molecule has 2 N–H and O–H groups in total. The second-order valence-corrected chi connectivity index (χ2v) is 5.31. The van der Waals surface area contributed by atoms with Crippen LogP contribution in [0.5, 0.6) is 11.5 Å². The third-order valence-corrected chi connectivity index (χ3v) is 3.43. The SMILES string of the molecule is CCOc1ccc(OC(C)C(=O)NNC(=O)C(C)n2cccn2)cc1. The lowest BCUT2D eigenvalue weighted by atomic mass is 10.3. The molecule has 0 saturated carbocycles. The first-order chi connectivity index (χ1) is 12.0. The number of hydrazine groups is 1.